The molecule has 4 aliphatic carbocycles. The van der Waals surface area contributed by atoms with Gasteiger partial charge >= 0.3 is 0 Å². The number of piperidine rings is 1. The summed E-state index contributed by atoms with van der Waals surface area (Å²) in [5, 5.41) is 14.1. The molecule has 9 unspecified atom stereocenters. The van der Waals surface area contributed by atoms with Gasteiger partial charge in [-0.15, -0.1) is 0 Å². The molecule has 6 rings (SSSR count). The van der Waals surface area contributed by atoms with Crippen molar-refractivity contribution < 1.29 is 9.84 Å². The van der Waals surface area contributed by atoms with E-state index in [0.717, 1.165) is 43.1 Å². The fraction of sp³-hybridized carbons (Fsp3) is 0.852. The molecule has 3 nitrogen and oxygen atoms in total. The first-order chi connectivity index (χ1) is 14.3. The fourth-order valence-electron chi connectivity index (χ4n) is 9.09. The lowest BCUT2D eigenvalue weighted by Crippen LogP contribution is -2.49. The number of aliphatic hydroxyl groups excluding tert-OH is 1. The van der Waals surface area contributed by atoms with E-state index < -0.39 is 0 Å². The Morgan fingerprint density at radius 2 is 2.00 bits per heavy atom. The second kappa shape index (κ2) is 6.68. The van der Waals surface area contributed by atoms with Crippen LogP contribution >= 0.6 is 0 Å². The summed E-state index contributed by atoms with van der Waals surface area (Å²) in [6.07, 6.45) is 12.2. The minimum absolute atomic E-state index is 0.0222. The molecule has 2 aliphatic heterocycles. The predicted octanol–water partition coefficient (Wildman–Crippen LogP) is 5.00. The molecule has 3 heteroatoms. The Balaban J connectivity index is 1.34. The SMILES string of the molecule is CC1=C2CC3C(CC=C4CC(O)CCC43C)C2CC[C@]12OC1CC(C)CNC1C2C. The second-order valence-electron chi connectivity index (χ2n) is 12.2. The average Bonchev–Trinajstić information content (AvgIpc) is 3.23. The number of aliphatic hydroxyl groups is 1. The summed E-state index contributed by atoms with van der Waals surface area (Å²) in [4.78, 5) is 0. The third-order valence-electron chi connectivity index (χ3n) is 10.9. The van der Waals surface area contributed by atoms with Crippen LogP contribution in [0.1, 0.15) is 79.1 Å². The number of ether oxygens (including phenoxy) is 1. The van der Waals surface area contributed by atoms with E-state index >= 15 is 0 Å². The van der Waals surface area contributed by atoms with Gasteiger partial charge in [-0.25, -0.2) is 0 Å². The van der Waals surface area contributed by atoms with Crippen LogP contribution in [0.2, 0.25) is 0 Å². The van der Waals surface area contributed by atoms with Crippen molar-refractivity contribution in [1.82, 2.24) is 5.32 Å². The zero-order chi connectivity index (χ0) is 20.8. The maximum Gasteiger partial charge on any atom is 0.0937 e. The van der Waals surface area contributed by atoms with Crippen LogP contribution in [-0.4, -0.2) is 35.5 Å². The van der Waals surface area contributed by atoms with Gasteiger partial charge in [-0.05, 0) is 99.5 Å². The molecule has 2 saturated heterocycles. The van der Waals surface area contributed by atoms with Gasteiger partial charge in [-0.2, -0.15) is 0 Å². The number of fused-ring (bicyclic) bond motifs is 6. The number of hydrogen-bond donors (Lipinski definition) is 2. The Hall–Kier alpha value is -0.640. The molecular weight excluding hydrogens is 370 g/mol. The first-order valence-electron chi connectivity index (χ1n) is 12.8. The lowest BCUT2D eigenvalue weighted by atomic mass is 9.56. The van der Waals surface area contributed by atoms with Crippen LogP contribution < -0.4 is 5.32 Å². The van der Waals surface area contributed by atoms with Crippen molar-refractivity contribution in [3.8, 4) is 0 Å². The molecule has 0 aromatic heterocycles. The van der Waals surface area contributed by atoms with Gasteiger partial charge < -0.3 is 15.2 Å². The van der Waals surface area contributed by atoms with Crippen LogP contribution in [-0.2, 0) is 4.74 Å². The van der Waals surface area contributed by atoms with Gasteiger partial charge in [0.2, 0.25) is 0 Å². The standard InChI is InChI=1S/C27H41NO2/c1-15-11-24-25(28-14-15)17(3)27(30-24)10-8-20-21-6-5-18-12-19(29)7-9-26(18,4)23(21)13-22(20)16(27)2/h5,15,17,19-21,23-25,28-29H,6-14H2,1-4H3/t15?,17?,19?,20?,21?,23?,24?,25?,26?,27-/m0/s1. The Kier molecular flexibility index (Phi) is 4.46. The molecule has 30 heavy (non-hydrogen) atoms. The number of rotatable bonds is 0. The van der Waals surface area contributed by atoms with Crippen LogP contribution in [0.3, 0.4) is 0 Å². The van der Waals surface area contributed by atoms with Crippen molar-refractivity contribution in [1.29, 1.82) is 0 Å². The summed E-state index contributed by atoms with van der Waals surface area (Å²) in [5.41, 5.74) is 5.25. The molecule has 2 heterocycles. The average molecular weight is 412 g/mol. The Bertz CT molecular complexity index is 801. The highest BCUT2D eigenvalue weighted by atomic mass is 16.5. The number of allylic oxidation sites excluding steroid dienone is 2. The zero-order valence-electron chi connectivity index (χ0n) is 19.4. The summed E-state index contributed by atoms with van der Waals surface area (Å²) in [6.45, 7) is 10.9. The smallest absolute Gasteiger partial charge is 0.0937 e. The molecule has 2 N–H and O–H groups in total. The van der Waals surface area contributed by atoms with Crippen LogP contribution in [0.25, 0.3) is 0 Å². The first kappa shape index (κ1) is 20.0. The van der Waals surface area contributed by atoms with Crippen LogP contribution in [0.5, 0.6) is 0 Å². The molecule has 4 fully saturated rings. The Labute approximate surface area is 182 Å². The van der Waals surface area contributed by atoms with Crippen molar-refractivity contribution in [2.75, 3.05) is 6.54 Å². The van der Waals surface area contributed by atoms with Gasteiger partial charge in [0.15, 0.2) is 0 Å². The molecule has 0 amide bonds. The molecule has 2 saturated carbocycles. The molecule has 0 aromatic carbocycles. The van der Waals surface area contributed by atoms with E-state index in [1.807, 2.05) is 0 Å². The predicted molar refractivity (Wildman–Crippen MR) is 120 cm³/mol. The highest BCUT2D eigenvalue weighted by Gasteiger charge is 2.60. The van der Waals surface area contributed by atoms with E-state index in [9.17, 15) is 5.11 Å². The lowest BCUT2D eigenvalue weighted by molar-refractivity contribution is -0.0549. The maximum atomic E-state index is 10.3. The number of hydrogen-bond acceptors (Lipinski definition) is 3. The van der Waals surface area contributed by atoms with Crippen LogP contribution in [0.15, 0.2) is 22.8 Å². The van der Waals surface area contributed by atoms with Crippen LogP contribution in [0, 0.1) is 35.0 Å². The van der Waals surface area contributed by atoms with Crippen molar-refractivity contribution in [2.24, 2.45) is 35.0 Å². The van der Waals surface area contributed by atoms with E-state index in [1.54, 1.807) is 16.7 Å². The highest BCUT2D eigenvalue weighted by Crippen LogP contribution is 2.65. The van der Waals surface area contributed by atoms with Gasteiger partial charge in [-0.3, -0.25) is 0 Å². The van der Waals surface area contributed by atoms with E-state index in [1.165, 1.54) is 38.5 Å². The molecule has 166 valence electrons. The molecule has 1 spiro atoms. The summed E-state index contributed by atoms with van der Waals surface area (Å²) < 4.78 is 7.03. The largest absolute Gasteiger partial charge is 0.393 e. The monoisotopic (exact) mass is 411 g/mol. The molecule has 6 aliphatic rings. The molecule has 0 bridgehead atoms. The Morgan fingerprint density at radius 3 is 2.83 bits per heavy atom. The summed E-state index contributed by atoms with van der Waals surface area (Å²) in [5.74, 6) is 3.64. The maximum absolute atomic E-state index is 10.3. The second-order valence-corrected chi connectivity index (χ2v) is 12.2. The lowest BCUT2D eigenvalue weighted by Gasteiger charge is -2.49. The quantitative estimate of drug-likeness (QED) is 0.551. The van der Waals surface area contributed by atoms with Gasteiger partial charge in [-0.1, -0.05) is 38.0 Å². The first-order valence-corrected chi connectivity index (χ1v) is 12.8. The summed E-state index contributed by atoms with van der Waals surface area (Å²) in [6, 6.07) is 0.530. The van der Waals surface area contributed by atoms with Gasteiger partial charge in [0.05, 0.1) is 17.8 Å². The molecule has 0 aromatic rings. The van der Waals surface area contributed by atoms with Crippen molar-refractivity contribution in [3.63, 3.8) is 0 Å². The van der Waals surface area contributed by atoms with Crippen molar-refractivity contribution in [3.05, 3.63) is 22.8 Å². The molecule has 0 radical (unpaired) electrons. The molecule has 10 atom stereocenters. The van der Waals surface area contributed by atoms with Gasteiger partial charge in [0.1, 0.15) is 0 Å². The van der Waals surface area contributed by atoms with E-state index in [-0.39, 0.29) is 11.7 Å². The normalized spacial score (nSPS) is 55.0. The third kappa shape index (κ3) is 2.55. The topological polar surface area (TPSA) is 41.5 Å². The van der Waals surface area contributed by atoms with E-state index in [4.69, 9.17) is 4.74 Å². The van der Waals surface area contributed by atoms with E-state index in [0.29, 0.717) is 23.5 Å². The molecular formula is C27H41NO2. The number of nitrogens with one attached hydrogen (secondary N) is 1. The van der Waals surface area contributed by atoms with Crippen LogP contribution in [0.4, 0.5) is 0 Å². The van der Waals surface area contributed by atoms with Crippen molar-refractivity contribution >= 4 is 0 Å². The minimum atomic E-state index is -0.111. The fourth-order valence-corrected chi connectivity index (χ4v) is 9.09. The summed E-state index contributed by atoms with van der Waals surface area (Å²) >= 11 is 0. The van der Waals surface area contributed by atoms with E-state index in [2.05, 4.69) is 39.1 Å². The zero-order valence-corrected chi connectivity index (χ0v) is 19.4. The third-order valence-corrected chi connectivity index (χ3v) is 10.9. The van der Waals surface area contributed by atoms with Gasteiger partial charge in [0.25, 0.3) is 0 Å². The summed E-state index contributed by atoms with van der Waals surface area (Å²) in [7, 11) is 0. The van der Waals surface area contributed by atoms with Gasteiger partial charge in [0, 0.05) is 12.0 Å². The highest BCUT2D eigenvalue weighted by molar-refractivity contribution is 5.38. The Morgan fingerprint density at radius 1 is 1.17 bits per heavy atom. The minimum Gasteiger partial charge on any atom is -0.393 e. The van der Waals surface area contributed by atoms with Crippen molar-refractivity contribution in [2.45, 2.75) is 103 Å².